The predicted molar refractivity (Wildman–Crippen MR) is 112 cm³/mol. The number of benzene rings is 1. The molecule has 0 bridgehead atoms. The molecule has 2 aromatic rings. The van der Waals surface area contributed by atoms with E-state index < -0.39 is 37.3 Å². The van der Waals surface area contributed by atoms with Crippen molar-refractivity contribution in [1.82, 2.24) is 10.2 Å². The Morgan fingerprint density at radius 2 is 1.90 bits per heavy atom. The van der Waals surface area contributed by atoms with Gasteiger partial charge in [-0.25, -0.2) is 0 Å². The molecule has 0 amide bonds. The van der Waals surface area contributed by atoms with E-state index in [1.807, 2.05) is 45.9 Å². The van der Waals surface area contributed by atoms with Crippen LogP contribution in [0.5, 0.6) is 11.6 Å². The molecule has 1 aliphatic rings. The zero-order valence-electron chi connectivity index (χ0n) is 18.3. The number of aliphatic hydroxyl groups excluding tert-OH is 4. The van der Waals surface area contributed by atoms with E-state index in [9.17, 15) is 20.4 Å². The van der Waals surface area contributed by atoms with Crippen LogP contribution in [0.3, 0.4) is 0 Å². The van der Waals surface area contributed by atoms with E-state index in [1.165, 1.54) is 0 Å². The molecule has 3 rings (SSSR count). The Bertz CT molecular complexity index is 868. The van der Waals surface area contributed by atoms with Gasteiger partial charge in [-0.2, -0.15) is 0 Å². The first-order valence-electron chi connectivity index (χ1n) is 10.5. The van der Waals surface area contributed by atoms with Gasteiger partial charge in [0.1, 0.15) is 30.2 Å². The fourth-order valence-electron chi connectivity index (χ4n) is 3.70. The monoisotopic (exact) mass is 436 g/mol. The topological polar surface area (TPSA) is 137 Å². The molecular formula is C22H32N2O7. The number of nitrogens with zero attached hydrogens (tertiary/aromatic N) is 1. The zero-order valence-corrected chi connectivity index (χ0v) is 18.3. The van der Waals surface area contributed by atoms with Gasteiger partial charge in [0.25, 0.3) is 0 Å². The van der Waals surface area contributed by atoms with Gasteiger partial charge in [-0.05, 0) is 43.0 Å². The Labute approximate surface area is 181 Å². The minimum absolute atomic E-state index is 0.137. The highest BCUT2D eigenvalue weighted by Crippen LogP contribution is 2.32. The highest BCUT2D eigenvalue weighted by atomic mass is 16.7. The van der Waals surface area contributed by atoms with Crippen LogP contribution >= 0.6 is 0 Å². The molecule has 9 nitrogen and oxygen atoms in total. The van der Waals surface area contributed by atoms with E-state index in [1.54, 1.807) is 0 Å². The van der Waals surface area contributed by atoms with Crippen molar-refractivity contribution in [1.29, 1.82) is 0 Å². The van der Waals surface area contributed by atoms with Crippen molar-refractivity contribution in [2.24, 2.45) is 0 Å². The lowest BCUT2D eigenvalue weighted by molar-refractivity contribution is -0.278. The number of hydrogen-bond acceptors (Lipinski definition) is 8. The van der Waals surface area contributed by atoms with Crippen LogP contribution in [0.4, 0.5) is 0 Å². The summed E-state index contributed by atoms with van der Waals surface area (Å²) in [6.07, 6.45) is -6.29. The number of H-pyrrole nitrogens is 1. The molecule has 1 saturated heterocycles. The Kier molecular flexibility index (Phi) is 7.55. The summed E-state index contributed by atoms with van der Waals surface area (Å²) in [5.41, 5.74) is 3.80. The zero-order chi connectivity index (χ0) is 22.7. The van der Waals surface area contributed by atoms with Crippen molar-refractivity contribution < 1.29 is 34.6 Å². The van der Waals surface area contributed by atoms with Gasteiger partial charge < -0.3 is 34.6 Å². The van der Waals surface area contributed by atoms with Crippen molar-refractivity contribution in [2.45, 2.75) is 70.7 Å². The minimum atomic E-state index is -1.52. The van der Waals surface area contributed by atoms with Gasteiger partial charge in [0.15, 0.2) is 0 Å². The van der Waals surface area contributed by atoms with Gasteiger partial charge in [-0.15, -0.1) is 5.10 Å². The van der Waals surface area contributed by atoms with Crippen molar-refractivity contribution >= 4 is 0 Å². The van der Waals surface area contributed by atoms with Crippen LogP contribution < -0.4 is 9.47 Å². The quantitative estimate of drug-likeness (QED) is 0.413. The second kappa shape index (κ2) is 9.97. The van der Waals surface area contributed by atoms with Crippen LogP contribution in [0.15, 0.2) is 18.2 Å². The van der Waals surface area contributed by atoms with Crippen LogP contribution in [0.1, 0.15) is 49.1 Å². The smallest absolute Gasteiger partial charge is 0.238 e. The average Bonchev–Trinajstić information content (AvgIpc) is 3.13. The highest BCUT2D eigenvalue weighted by Gasteiger charge is 2.45. The normalized spacial score (nSPS) is 26.3. The SMILES string of the molecule is CCOc1ccc(Cc2c(O[C@@H]3OC(CO)[C@@H](O)C(O)C3O)n[nH]c2C(C)C)c(C)c1. The standard InChI is InChI=1S/C22H32N2O7/c1-5-29-14-7-6-13(12(4)8-14)9-15-17(11(2)3)23-24-21(15)31-22-20(28)19(27)18(26)16(10-25)30-22/h6-8,11,16,18-20,22,25-28H,5,9-10H2,1-4H3,(H,23,24)/t16?,18-,19?,20?,22+/m1/s1. The van der Waals surface area contributed by atoms with Gasteiger partial charge >= 0.3 is 0 Å². The lowest BCUT2D eigenvalue weighted by Crippen LogP contribution is -2.60. The molecule has 172 valence electrons. The fourth-order valence-corrected chi connectivity index (χ4v) is 3.70. The van der Waals surface area contributed by atoms with Crippen LogP contribution in [0.25, 0.3) is 0 Å². The molecule has 5 atom stereocenters. The molecule has 5 N–H and O–H groups in total. The van der Waals surface area contributed by atoms with Gasteiger partial charge in [0, 0.05) is 17.7 Å². The molecule has 31 heavy (non-hydrogen) atoms. The number of aromatic nitrogens is 2. The summed E-state index contributed by atoms with van der Waals surface area (Å²) >= 11 is 0. The number of aliphatic hydroxyl groups is 4. The number of rotatable bonds is 8. The van der Waals surface area contributed by atoms with Gasteiger partial charge in [0.05, 0.1) is 13.2 Å². The minimum Gasteiger partial charge on any atom is -0.494 e. The van der Waals surface area contributed by atoms with Crippen molar-refractivity contribution in [3.05, 3.63) is 40.6 Å². The summed E-state index contributed by atoms with van der Waals surface area (Å²) < 4.78 is 16.9. The molecule has 1 aromatic carbocycles. The third-order valence-electron chi connectivity index (χ3n) is 5.51. The van der Waals surface area contributed by atoms with Gasteiger partial charge in [-0.3, -0.25) is 5.10 Å². The van der Waals surface area contributed by atoms with E-state index in [2.05, 4.69) is 10.2 Å². The number of ether oxygens (including phenoxy) is 3. The van der Waals surface area contributed by atoms with Gasteiger partial charge in [-0.1, -0.05) is 19.9 Å². The van der Waals surface area contributed by atoms with Crippen LogP contribution in [-0.2, 0) is 11.2 Å². The molecule has 0 spiro atoms. The molecule has 0 saturated carbocycles. The molecule has 1 aliphatic heterocycles. The summed E-state index contributed by atoms with van der Waals surface area (Å²) in [5.74, 6) is 1.18. The second-order valence-electron chi connectivity index (χ2n) is 8.09. The third kappa shape index (κ3) is 5.02. The van der Waals surface area contributed by atoms with E-state index >= 15 is 0 Å². The van der Waals surface area contributed by atoms with Crippen LogP contribution in [0.2, 0.25) is 0 Å². The van der Waals surface area contributed by atoms with Crippen molar-refractivity contribution in [3.63, 3.8) is 0 Å². The first-order chi connectivity index (χ1) is 14.8. The molecule has 1 fully saturated rings. The third-order valence-corrected chi connectivity index (χ3v) is 5.51. The molecule has 9 heteroatoms. The summed E-state index contributed by atoms with van der Waals surface area (Å²) in [4.78, 5) is 0. The molecular weight excluding hydrogens is 404 g/mol. The maximum atomic E-state index is 10.3. The summed E-state index contributed by atoms with van der Waals surface area (Å²) in [7, 11) is 0. The summed E-state index contributed by atoms with van der Waals surface area (Å²) in [5, 5.41) is 47.0. The van der Waals surface area contributed by atoms with E-state index in [0.717, 1.165) is 28.1 Å². The Morgan fingerprint density at radius 1 is 1.16 bits per heavy atom. The number of nitrogens with one attached hydrogen (secondary N) is 1. The summed E-state index contributed by atoms with van der Waals surface area (Å²) in [6, 6.07) is 5.89. The lowest BCUT2D eigenvalue weighted by Gasteiger charge is -2.39. The van der Waals surface area contributed by atoms with Gasteiger partial charge in [0.2, 0.25) is 12.2 Å². The molecule has 3 unspecified atom stereocenters. The number of aryl methyl sites for hydroxylation is 1. The molecule has 1 aromatic heterocycles. The predicted octanol–water partition coefficient (Wildman–Crippen LogP) is 1.01. The van der Waals surface area contributed by atoms with Crippen LogP contribution in [-0.4, -0.2) is 74.5 Å². The average molecular weight is 437 g/mol. The number of aromatic amines is 1. The van der Waals surface area contributed by atoms with Crippen LogP contribution in [0, 0.1) is 6.92 Å². The van der Waals surface area contributed by atoms with E-state index in [-0.39, 0.29) is 11.8 Å². The Morgan fingerprint density at radius 3 is 2.52 bits per heavy atom. The first-order valence-corrected chi connectivity index (χ1v) is 10.5. The summed E-state index contributed by atoms with van der Waals surface area (Å²) in [6.45, 7) is 8.06. The maximum Gasteiger partial charge on any atom is 0.238 e. The van der Waals surface area contributed by atoms with E-state index in [4.69, 9.17) is 14.2 Å². The molecule has 2 heterocycles. The Hall–Kier alpha value is -2.17. The molecule has 0 radical (unpaired) electrons. The molecule has 0 aliphatic carbocycles. The van der Waals surface area contributed by atoms with Crippen molar-refractivity contribution in [3.8, 4) is 11.6 Å². The fraction of sp³-hybridized carbons (Fsp3) is 0.591. The Balaban J connectivity index is 1.88. The van der Waals surface area contributed by atoms with E-state index in [0.29, 0.717) is 13.0 Å². The number of hydrogen-bond donors (Lipinski definition) is 5. The maximum absolute atomic E-state index is 10.3. The second-order valence-corrected chi connectivity index (χ2v) is 8.09. The first kappa shape index (κ1) is 23.5. The van der Waals surface area contributed by atoms with Crippen molar-refractivity contribution in [2.75, 3.05) is 13.2 Å². The highest BCUT2D eigenvalue weighted by molar-refractivity contribution is 5.42. The lowest BCUT2D eigenvalue weighted by atomic mass is 9.96. The largest absolute Gasteiger partial charge is 0.494 e.